The lowest BCUT2D eigenvalue weighted by Gasteiger charge is -2.08. The van der Waals surface area contributed by atoms with Gasteiger partial charge in [-0.2, -0.15) is 0 Å². The maximum Gasteiger partial charge on any atom is 0.280 e. The Labute approximate surface area is 147 Å². The highest BCUT2D eigenvalue weighted by molar-refractivity contribution is 6.04. The van der Waals surface area contributed by atoms with E-state index >= 15 is 0 Å². The molecule has 26 heavy (non-hydrogen) atoms. The third-order valence-electron chi connectivity index (χ3n) is 4.03. The number of pyridine rings is 1. The molecule has 7 nitrogen and oxygen atoms in total. The third-order valence-corrected chi connectivity index (χ3v) is 4.03. The first-order valence-electron chi connectivity index (χ1n) is 7.83. The SMILES string of the molecule is O=C(c1ccncc1)n1c(-c2ccccc2[N+](=O)[O-])nc2ccccc21. The minimum atomic E-state index is -0.476. The number of aromatic nitrogens is 3. The summed E-state index contributed by atoms with van der Waals surface area (Å²) in [7, 11) is 0. The lowest BCUT2D eigenvalue weighted by atomic mass is 10.1. The number of rotatable bonds is 3. The summed E-state index contributed by atoms with van der Waals surface area (Å²) in [4.78, 5) is 32.5. The van der Waals surface area contributed by atoms with Crippen molar-refractivity contribution in [2.24, 2.45) is 0 Å². The van der Waals surface area contributed by atoms with Gasteiger partial charge in [-0.05, 0) is 30.3 Å². The average molecular weight is 344 g/mol. The fourth-order valence-corrected chi connectivity index (χ4v) is 2.86. The van der Waals surface area contributed by atoms with Crippen molar-refractivity contribution in [3.8, 4) is 11.4 Å². The standard InChI is InChI=1S/C19H12N4O3/c24-19(13-9-11-20-12-10-13)22-17-8-4-2-6-15(17)21-18(22)14-5-1-3-7-16(14)23(25)26/h1-12H. The smallest absolute Gasteiger partial charge is 0.268 e. The summed E-state index contributed by atoms with van der Waals surface area (Å²) in [5, 5.41) is 11.4. The number of fused-ring (bicyclic) bond motifs is 1. The van der Waals surface area contributed by atoms with E-state index in [0.29, 0.717) is 16.6 Å². The van der Waals surface area contributed by atoms with Crippen LogP contribution in [0.2, 0.25) is 0 Å². The van der Waals surface area contributed by atoms with Gasteiger partial charge in [0.25, 0.3) is 11.6 Å². The second-order valence-electron chi connectivity index (χ2n) is 5.57. The Hall–Kier alpha value is -3.87. The molecule has 126 valence electrons. The second kappa shape index (κ2) is 6.21. The van der Waals surface area contributed by atoms with Crippen LogP contribution in [-0.4, -0.2) is 25.4 Å². The van der Waals surface area contributed by atoms with E-state index in [1.165, 1.54) is 23.0 Å². The summed E-state index contributed by atoms with van der Waals surface area (Å²) in [6.45, 7) is 0. The van der Waals surface area contributed by atoms with Gasteiger partial charge in [0.05, 0.1) is 21.5 Å². The number of hydrogen-bond acceptors (Lipinski definition) is 5. The molecule has 0 radical (unpaired) electrons. The highest BCUT2D eigenvalue weighted by Crippen LogP contribution is 2.32. The molecule has 0 amide bonds. The van der Waals surface area contributed by atoms with Crippen LogP contribution in [0.5, 0.6) is 0 Å². The van der Waals surface area contributed by atoms with Gasteiger partial charge in [-0.15, -0.1) is 0 Å². The minimum Gasteiger partial charge on any atom is -0.268 e. The number of carbonyl (C=O) groups excluding carboxylic acids is 1. The first kappa shape index (κ1) is 15.6. The maximum absolute atomic E-state index is 13.1. The molecule has 0 aliphatic carbocycles. The van der Waals surface area contributed by atoms with E-state index in [-0.39, 0.29) is 23.0 Å². The van der Waals surface area contributed by atoms with Gasteiger partial charge in [0.15, 0.2) is 5.82 Å². The molecule has 0 fully saturated rings. The fraction of sp³-hybridized carbons (Fsp3) is 0. The van der Waals surface area contributed by atoms with Crippen molar-refractivity contribution in [3.05, 3.63) is 88.7 Å². The summed E-state index contributed by atoms with van der Waals surface area (Å²) in [6.07, 6.45) is 3.05. The molecule has 0 unspecified atom stereocenters. The van der Waals surface area contributed by atoms with Crippen LogP contribution in [0.1, 0.15) is 10.4 Å². The van der Waals surface area contributed by atoms with E-state index in [9.17, 15) is 14.9 Å². The van der Waals surface area contributed by atoms with E-state index in [1.54, 1.807) is 54.6 Å². The Bertz CT molecular complexity index is 1140. The van der Waals surface area contributed by atoms with Crippen LogP contribution >= 0.6 is 0 Å². The first-order valence-corrected chi connectivity index (χ1v) is 7.83. The Kier molecular flexibility index (Phi) is 3.74. The third kappa shape index (κ3) is 2.51. The highest BCUT2D eigenvalue weighted by Gasteiger charge is 2.24. The zero-order valence-electron chi connectivity index (χ0n) is 13.4. The largest absolute Gasteiger partial charge is 0.280 e. The molecule has 0 atom stereocenters. The number of imidazole rings is 1. The predicted octanol–water partition coefficient (Wildman–Crippen LogP) is 3.70. The molecule has 2 aromatic heterocycles. The van der Waals surface area contributed by atoms with Gasteiger partial charge in [-0.25, -0.2) is 4.98 Å². The molecule has 0 N–H and O–H groups in total. The number of nitro groups is 1. The van der Waals surface area contributed by atoms with E-state index in [1.807, 2.05) is 0 Å². The molecule has 2 heterocycles. The van der Waals surface area contributed by atoms with Crippen LogP contribution < -0.4 is 0 Å². The molecule has 4 rings (SSSR count). The average Bonchev–Trinajstić information content (AvgIpc) is 3.07. The van der Waals surface area contributed by atoms with Crippen LogP contribution in [0.15, 0.2) is 73.1 Å². The molecule has 7 heteroatoms. The Morgan fingerprint density at radius 2 is 1.65 bits per heavy atom. The Morgan fingerprint density at radius 3 is 2.42 bits per heavy atom. The van der Waals surface area contributed by atoms with Gasteiger partial charge in [0, 0.05) is 24.0 Å². The zero-order chi connectivity index (χ0) is 18.1. The van der Waals surface area contributed by atoms with Gasteiger partial charge in [-0.3, -0.25) is 24.5 Å². The molecule has 4 aromatic rings. The van der Waals surface area contributed by atoms with Crippen LogP contribution in [0.25, 0.3) is 22.4 Å². The summed E-state index contributed by atoms with van der Waals surface area (Å²) >= 11 is 0. The van der Waals surface area contributed by atoms with Crippen molar-refractivity contribution in [2.45, 2.75) is 0 Å². The number of hydrogen-bond donors (Lipinski definition) is 0. The molecule has 0 saturated carbocycles. The fourth-order valence-electron chi connectivity index (χ4n) is 2.86. The van der Waals surface area contributed by atoms with E-state index in [0.717, 1.165) is 0 Å². The number of para-hydroxylation sites is 3. The van der Waals surface area contributed by atoms with Crippen molar-refractivity contribution in [2.75, 3.05) is 0 Å². The van der Waals surface area contributed by atoms with Gasteiger partial charge >= 0.3 is 0 Å². The van der Waals surface area contributed by atoms with Gasteiger partial charge in [0.2, 0.25) is 0 Å². The molecule has 0 saturated heterocycles. The van der Waals surface area contributed by atoms with Crippen LogP contribution in [0.4, 0.5) is 5.69 Å². The summed E-state index contributed by atoms with van der Waals surface area (Å²) < 4.78 is 1.41. The molecular weight excluding hydrogens is 332 g/mol. The zero-order valence-corrected chi connectivity index (χ0v) is 13.4. The quantitative estimate of drug-likeness (QED) is 0.417. The Balaban J connectivity index is 2.03. The van der Waals surface area contributed by atoms with Crippen molar-refractivity contribution >= 4 is 22.6 Å². The Morgan fingerprint density at radius 1 is 0.962 bits per heavy atom. The number of carbonyl (C=O) groups is 1. The molecular formula is C19H12N4O3. The van der Waals surface area contributed by atoms with E-state index < -0.39 is 4.92 Å². The molecule has 0 bridgehead atoms. The van der Waals surface area contributed by atoms with Crippen molar-refractivity contribution in [1.29, 1.82) is 0 Å². The summed E-state index contributed by atoms with van der Waals surface area (Å²) in [6, 6.07) is 16.6. The van der Waals surface area contributed by atoms with Gasteiger partial charge in [0.1, 0.15) is 0 Å². The van der Waals surface area contributed by atoms with Gasteiger partial charge in [-0.1, -0.05) is 24.3 Å². The molecule has 0 spiro atoms. The minimum absolute atomic E-state index is 0.105. The number of nitro benzene ring substituents is 1. The van der Waals surface area contributed by atoms with E-state index in [2.05, 4.69) is 9.97 Å². The number of benzene rings is 2. The van der Waals surface area contributed by atoms with Crippen molar-refractivity contribution in [1.82, 2.24) is 14.5 Å². The molecule has 2 aromatic carbocycles. The normalized spacial score (nSPS) is 10.8. The lowest BCUT2D eigenvalue weighted by Crippen LogP contribution is -2.14. The second-order valence-corrected chi connectivity index (χ2v) is 5.57. The van der Waals surface area contributed by atoms with Crippen molar-refractivity contribution < 1.29 is 9.72 Å². The monoisotopic (exact) mass is 344 g/mol. The maximum atomic E-state index is 13.1. The van der Waals surface area contributed by atoms with Crippen LogP contribution in [0.3, 0.4) is 0 Å². The van der Waals surface area contributed by atoms with Crippen molar-refractivity contribution in [3.63, 3.8) is 0 Å². The van der Waals surface area contributed by atoms with E-state index in [4.69, 9.17) is 0 Å². The lowest BCUT2D eigenvalue weighted by molar-refractivity contribution is -0.384. The summed E-state index contributed by atoms with van der Waals surface area (Å²) in [5.41, 5.74) is 1.77. The van der Waals surface area contributed by atoms with Gasteiger partial charge < -0.3 is 0 Å². The summed E-state index contributed by atoms with van der Waals surface area (Å²) in [5.74, 6) is -0.0884. The first-order chi connectivity index (χ1) is 12.7. The topological polar surface area (TPSA) is 90.9 Å². The molecule has 0 aliphatic heterocycles. The van der Waals surface area contributed by atoms with Crippen LogP contribution in [0, 0.1) is 10.1 Å². The highest BCUT2D eigenvalue weighted by atomic mass is 16.6. The number of nitrogens with zero attached hydrogens (tertiary/aromatic N) is 4. The predicted molar refractivity (Wildman–Crippen MR) is 95.8 cm³/mol. The van der Waals surface area contributed by atoms with Crippen LogP contribution in [-0.2, 0) is 0 Å². The molecule has 0 aliphatic rings.